The lowest BCUT2D eigenvalue weighted by Crippen LogP contribution is -2.36. The summed E-state index contributed by atoms with van der Waals surface area (Å²) in [6.45, 7) is 6.51. The normalized spacial score (nSPS) is 26.0. The van der Waals surface area contributed by atoms with E-state index < -0.39 is 0 Å². The number of halogens is 2. The van der Waals surface area contributed by atoms with Gasteiger partial charge in [-0.05, 0) is 36.9 Å². The third kappa shape index (κ3) is 2.34. The first-order valence-electron chi connectivity index (χ1n) is 6.41. The van der Waals surface area contributed by atoms with Gasteiger partial charge in [0.2, 0.25) is 0 Å². The Hall–Kier alpha value is -0.800. The van der Waals surface area contributed by atoms with E-state index in [1.807, 2.05) is 6.07 Å². The lowest BCUT2D eigenvalue weighted by molar-refractivity contribution is 0.367. The minimum atomic E-state index is -0.0419. The molecule has 0 amide bonds. The summed E-state index contributed by atoms with van der Waals surface area (Å²) in [7, 11) is 0. The van der Waals surface area contributed by atoms with Crippen LogP contribution in [0.15, 0.2) is 18.2 Å². The second-order valence-corrected chi connectivity index (χ2v) is 5.65. The molecule has 1 atom stereocenters. The Balaban J connectivity index is 0.00000120. The topological polar surface area (TPSA) is 15.3 Å². The van der Waals surface area contributed by atoms with E-state index in [4.69, 9.17) is 0 Å². The molecule has 3 rings (SSSR count). The third-order valence-electron chi connectivity index (χ3n) is 4.10. The Labute approximate surface area is 114 Å². The third-order valence-corrected chi connectivity index (χ3v) is 4.10. The largest absolute Gasteiger partial charge is 0.370 e. The number of hydrogen-bond acceptors (Lipinski definition) is 2. The number of nitrogens with zero attached hydrogens (tertiary/aromatic N) is 1. The maximum atomic E-state index is 13.6. The molecule has 0 spiro atoms. The highest BCUT2D eigenvalue weighted by atomic mass is 35.5. The van der Waals surface area contributed by atoms with E-state index in [0.717, 1.165) is 43.9 Å². The molecule has 1 saturated heterocycles. The van der Waals surface area contributed by atoms with E-state index in [9.17, 15) is 4.39 Å². The molecule has 2 aliphatic rings. The van der Waals surface area contributed by atoms with Gasteiger partial charge in [-0.3, -0.25) is 0 Å². The van der Waals surface area contributed by atoms with Crippen LogP contribution in [0.5, 0.6) is 0 Å². The zero-order valence-electron chi connectivity index (χ0n) is 10.7. The SMILES string of the molecule is CC1(CN2CCc3c(F)cccc32)CCNC1.Cl. The van der Waals surface area contributed by atoms with E-state index in [1.165, 1.54) is 6.42 Å². The van der Waals surface area contributed by atoms with Gasteiger partial charge in [-0.1, -0.05) is 13.0 Å². The summed E-state index contributed by atoms with van der Waals surface area (Å²) in [6, 6.07) is 5.44. The lowest BCUT2D eigenvalue weighted by Gasteiger charge is -2.30. The van der Waals surface area contributed by atoms with Crippen LogP contribution in [0.3, 0.4) is 0 Å². The highest BCUT2D eigenvalue weighted by molar-refractivity contribution is 5.85. The molecule has 0 aromatic heterocycles. The Morgan fingerprint density at radius 1 is 1.44 bits per heavy atom. The minimum absolute atomic E-state index is 0. The molecule has 4 heteroatoms. The summed E-state index contributed by atoms with van der Waals surface area (Å²) in [5.74, 6) is -0.0419. The van der Waals surface area contributed by atoms with Crippen molar-refractivity contribution in [2.24, 2.45) is 5.41 Å². The van der Waals surface area contributed by atoms with Crippen molar-refractivity contribution < 1.29 is 4.39 Å². The van der Waals surface area contributed by atoms with Gasteiger partial charge in [0.15, 0.2) is 0 Å². The summed E-state index contributed by atoms with van der Waals surface area (Å²) in [6.07, 6.45) is 2.07. The monoisotopic (exact) mass is 270 g/mol. The number of hydrogen-bond donors (Lipinski definition) is 1. The Kier molecular flexibility index (Phi) is 3.83. The molecule has 1 fully saturated rings. The predicted molar refractivity (Wildman–Crippen MR) is 75.2 cm³/mol. The molecule has 0 bridgehead atoms. The van der Waals surface area contributed by atoms with Crippen molar-refractivity contribution in [3.63, 3.8) is 0 Å². The Bertz CT molecular complexity index is 430. The number of fused-ring (bicyclic) bond motifs is 1. The van der Waals surface area contributed by atoms with Crippen LogP contribution in [0.25, 0.3) is 0 Å². The van der Waals surface area contributed by atoms with E-state index in [0.29, 0.717) is 5.41 Å². The van der Waals surface area contributed by atoms with Crippen molar-refractivity contribution in [2.75, 3.05) is 31.1 Å². The van der Waals surface area contributed by atoms with Gasteiger partial charge in [0.1, 0.15) is 5.82 Å². The van der Waals surface area contributed by atoms with Crippen molar-refractivity contribution in [3.05, 3.63) is 29.6 Å². The van der Waals surface area contributed by atoms with Crippen LogP contribution < -0.4 is 10.2 Å². The second kappa shape index (κ2) is 5.06. The molecular formula is C14H20ClFN2. The zero-order valence-corrected chi connectivity index (χ0v) is 11.5. The van der Waals surface area contributed by atoms with Crippen LogP contribution in [0, 0.1) is 11.2 Å². The van der Waals surface area contributed by atoms with Crippen LogP contribution >= 0.6 is 12.4 Å². The summed E-state index contributed by atoms with van der Waals surface area (Å²) < 4.78 is 13.6. The number of nitrogens with one attached hydrogen (secondary N) is 1. The lowest BCUT2D eigenvalue weighted by atomic mass is 9.89. The van der Waals surface area contributed by atoms with Gasteiger partial charge in [0, 0.05) is 30.9 Å². The van der Waals surface area contributed by atoms with Gasteiger partial charge in [0.05, 0.1) is 0 Å². The zero-order chi connectivity index (χ0) is 11.9. The van der Waals surface area contributed by atoms with Gasteiger partial charge < -0.3 is 10.2 Å². The van der Waals surface area contributed by atoms with Crippen molar-refractivity contribution >= 4 is 18.1 Å². The van der Waals surface area contributed by atoms with Crippen molar-refractivity contribution in [1.82, 2.24) is 5.32 Å². The summed E-state index contributed by atoms with van der Waals surface area (Å²) >= 11 is 0. The summed E-state index contributed by atoms with van der Waals surface area (Å²) in [5, 5.41) is 3.42. The molecule has 1 N–H and O–H groups in total. The van der Waals surface area contributed by atoms with Crippen molar-refractivity contribution in [3.8, 4) is 0 Å². The molecule has 18 heavy (non-hydrogen) atoms. The average molecular weight is 271 g/mol. The molecular weight excluding hydrogens is 251 g/mol. The minimum Gasteiger partial charge on any atom is -0.370 e. The summed E-state index contributed by atoms with van der Waals surface area (Å²) in [4.78, 5) is 2.35. The van der Waals surface area contributed by atoms with Crippen LogP contribution in [0.2, 0.25) is 0 Å². The second-order valence-electron chi connectivity index (χ2n) is 5.65. The highest BCUT2D eigenvalue weighted by Crippen LogP contribution is 2.34. The summed E-state index contributed by atoms with van der Waals surface area (Å²) in [5.41, 5.74) is 2.36. The van der Waals surface area contributed by atoms with E-state index in [2.05, 4.69) is 23.2 Å². The molecule has 0 saturated carbocycles. The van der Waals surface area contributed by atoms with Crippen molar-refractivity contribution in [2.45, 2.75) is 19.8 Å². The molecule has 100 valence electrons. The van der Waals surface area contributed by atoms with Crippen LogP contribution in [0.4, 0.5) is 10.1 Å². The Morgan fingerprint density at radius 2 is 2.28 bits per heavy atom. The molecule has 1 unspecified atom stereocenters. The molecule has 0 aliphatic carbocycles. The molecule has 2 heterocycles. The highest BCUT2D eigenvalue weighted by Gasteiger charge is 2.33. The maximum Gasteiger partial charge on any atom is 0.128 e. The fourth-order valence-electron chi connectivity index (χ4n) is 3.09. The van der Waals surface area contributed by atoms with Gasteiger partial charge in [0.25, 0.3) is 0 Å². The van der Waals surface area contributed by atoms with Gasteiger partial charge >= 0.3 is 0 Å². The maximum absolute atomic E-state index is 13.6. The van der Waals surface area contributed by atoms with E-state index in [-0.39, 0.29) is 18.2 Å². The first kappa shape index (κ1) is 13.6. The molecule has 1 aromatic rings. The van der Waals surface area contributed by atoms with Gasteiger partial charge in [-0.15, -0.1) is 12.4 Å². The first-order chi connectivity index (χ1) is 8.18. The quantitative estimate of drug-likeness (QED) is 0.889. The van der Waals surface area contributed by atoms with E-state index in [1.54, 1.807) is 6.07 Å². The number of rotatable bonds is 2. The van der Waals surface area contributed by atoms with Crippen LogP contribution in [0.1, 0.15) is 18.9 Å². The first-order valence-corrected chi connectivity index (χ1v) is 6.41. The molecule has 1 aromatic carbocycles. The molecule has 2 nitrogen and oxygen atoms in total. The Morgan fingerprint density at radius 3 is 3.00 bits per heavy atom. The van der Waals surface area contributed by atoms with Gasteiger partial charge in [-0.25, -0.2) is 4.39 Å². The van der Waals surface area contributed by atoms with E-state index >= 15 is 0 Å². The van der Waals surface area contributed by atoms with Crippen LogP contribution in [-0.2, 0) is 6.42 Å². The fraction of sp³-hybridized carbons (Fsp3) is 0.571. The average Bonchev–Trinajstić information content (AvgIpc) is 2.88. The molecule has 2 aliphatic heterocycles. The number of benzene rings is 1. The van der Waals surface area contributed by atoms with Crippen molar-refractivity contribution in [1.29, 1.82) is 0 Å². The smallest absolute Gasteiger partial charge is 0.128 e. The standard InChI is InChI=1S/C14H19FN2.ClH/c1-14(6-7-16-9-14)10-17-8-5-11-12(15)3-2-4-13(11)17;/h2-4,16H,5-10H2,1H3;1H. The van der Waals surface area contributed by atoms with Gasteiger partial charge in [-0.2, -0.15) is 0 Å². The predicted octanol–water partition coefficient (Wildman–Crippen LogP) is 2.61. The van der Waals surface area contributed by atoms with Crippen LogP contribution in [-0.4, -0.2) is 26.2 Å². The molecule has 0 radical (unpaired) electrons. The number of anilines is 1. The fourth-order valence-corrected chi connectivity index (χ4v) is 3.09.